The van der Waals surface area contributed by atoms with Gasteiger partial charge < -0.3 is 19.0 Å². The van der Waals surface area contributed by atoms with Gasteiger partial charge in [0.1, 0.15) is 0 Å². The van der Waals surface area contributed by atoms with Crippen molar-refractivity contribution in [3.63, 3.8) is 0 Å². The molecule has 0 radical (unpaired) electrons. The minimum absolute atomic E-state index is 0.116. The number of aromatic nitrogens is 2. The normalized spacial score (nSPS) is 12.3. The van der Waals surface area contributed by atoms with E-state index in [0.29, 0.717) is 17.7 Å². The Labute approximate surface area is 158 Å². The molecule has 0 aliphatic carbocycles. The first-order valence-corrected chi connectivity index (χ1v) is 8.87. The van der Waals surface area contributed by atoms with Crippen molar-refractivity contribution >= 4 is 22.7 Å². The summed E-state index contributed by atoms with van der Waals surface area (Å²) in [7, 11) is 1.65. The standard InChI is InChI=1S/C21H24N2O4/c1-13-9-17(15(3)23(13)14(2)11-26-4)20(24)12-27-21(25)18-10-22-19-8-6-5-7-16(18)19/h5-10,14,22H,11-12H2,1-4H3/t14-/m1/s1. The predicted octanol–water partition coefficient (Wildman–Crippen LogP) is 3.83. The highest BCUT2D eigenvalue weighted by molar-refractivity contribution is 6.05. The number of benzene rings is 1. The van der Waals surface area contributed by atoms with Gasteiger partial charge in [0.05, 0.1) is 18.2 Å². The molecule has 1 atom stereocenters. The Balaban J connectivity index is 1.73. The van der Waals surface area contributed by atoms with E-state index in [9.17, 15) is 9.59 Å². The second kappa shape index (κ2) is 7.80. The average molecular weight is 368 g/mol. The van der Waals surface area contributed by atoms with Crippen LogP contribution in [0.3, 0.4) is 0 Å². The number of aromatic amines is 1. The van der Waals surface area contributed by atoms with E-state index in [2.05, 4.69) is 9.55 Å². The molecule has 0 spiro atoms. The van der Waals surface area contributed by atoms with Crippen LogP contribution in [0, 0.1) is 13.8 Å². The average Bonchev–Trinajstić information content (AvgIpc) is 3.20. The topological polar surface area (TPSA) is 73.3 Å². The van der Waals surface area contributed by atoms with Crippen LogP contribution in [-0.4, -0.2) is 41.6 Å². The number of hydrogen-bond donors (Lipinski definition) is 1. The number of fused-ring (bicyclic) bond motifs is 1. The van der Waals surface area contributed by atoms with Gasteiger partial charge in [0, 0.05) is 41.2 Å². The molecule has 3 rings (SSSR count). The number of rotatable bonds is 7. The second-order valence-corrected chi connectivity index (χ2v) is 6.71. The molecule has 2 aromatic heterocycles. The maximum absolute atomic E-state index is 12.6. The van der Waals surface area contributed by atoms with Crippen LogP contribution in [0.5, 0.6) is 0 Å². The van der Waals surface area contributed by atoms with Crippen LogP contribution >= 0.6 is 0 Å². The van der Waals surface area contributed by atoms with Crippen molar-refractivity contribution in [1.29, 1.82) is 0 Å². The fourth-order valence-electron chi connectivity index (χ4n) is 3.58. The number of nitrogens with one attached hydrogen (secondary N) is 1. The number of Topliss-reactive ketones (excluding diaryl/α,β-unsaturated/α-hetero) is 1. The summed E-state index contributed by atoms with van der Waals surface area (Å²) in [4.78, 5) is 28.0. The number of ether oxygens (including phenoxy) is 2. The van der Waals surface area contributed by atoms with E-state index < -0.39 is 5.97 Å². The van der Waals surface area contributed by atoms with Crippen molar-refractivity contribution in [1.82, 2.24) is 9.55 Å². The quantitative estimate of drug-likeness (QED) is 0.508. The van der Waals surface area contributed by atoms with Gasteiger partial charge in [-0.2, -0.15) is 0 Å². The van der Waals surface area contributed by atoms with Gasteiger partial charge in [-0.3, -0.25) is 4.79 Å². The summed E-state index contributed by atoms with van der Waals surface area (Å²) in [5.74, 6) is -0.727. The highest BCUT2D eigenvalue weighted by atomic mass is 16.5. The third kappa shape index (κ3) is 3.66. The number of methoxy groups -OCH3 is 1. The monoisotopic (exact) mass is 368 g/mol. The van der Waals surface area contributed by atoms with Crippen molar-refractivity contribution in [2.45, 2.75) is 26.8 Å². The lowest BCUT2D eigenvalue weighted by Crippen LogP contribution is -2.17. The molecular formula is C21H24N2O4. The number of nitrogens with zero attached hydrogens (tertiary/aromatic N) is 1. The molecule has 1 N–H and O–H groups in total. The van der Waals surface area contributed by atoms with E-state index in [4.69, 9.17) is 9.47 Å². The van der Waals surface area contributed by atoms with Crippen molar-refractivity contribution in [3.05, 3.63) is 59.0 Å². The maximum atomic E-state index is 12.6. The smallest absolute Gasteiger partial charge is 0.340 e. The molecule has 0 aliphatic heterocycles. The van der Waals surface area contributed by atoms with Crippen LogP contribution in [0.4, 0.5) is 0 Å². The van der Waals surface area contributed by atoms with Gasteiger partial charge in [-0.1, -0.05) is 18.2 Å². The van der Waals surface area contributed by atoms with E-state index in [0.717, 1.165) is 22.3 Å². The molecule has 0 saturated carbocycles. The van der Waals surface area contributed by atoms with Gasteiger partial charge in [0.15, 0.2) is 6.61 Å². The molecule has 0 aliphatic rings. The SMILES string of the molecule is COC[C@@H](C)n1c(C)cc(C(=O)COC(=O)c2c[nH]c3ccccc23)c1C. The van der Waals surface area contributed by atoms with Crippen molar-refractivity contribution < 1.29 is 19.1 Å². The summed E-state index contributed by atoms with van der Waals surface area (Å²) in [6, 6.07) is 9.42. The minimum Gasteiger partial charge on any atom is -0.454 e. The lowest BCUT2D eigenvalue weighted by molar-refractivity contribution is 0.0476. The molecule has 0 fully saturated rings. The zero-order valence-electron chi connectivity index (χ0n) is 16.0. The van der Waals surface area contributed by atoms with Gasteiger partial charge in [0.2, 0.25) is 5.78 Å². The molecule has 0 unspecified atom stereocenters. The summed E-state index contributed by atoms with van der Waals surface area (Å²) >= 11 is 0. The predicted molar refractivity (Wildman–Crippen MR) is 103 cm³/mol. The van der Waals surface area contributed by atoms with Crippen LogP contribution in [0.1, 0.15) is 45.1 Å². The van der Waals surface area contributed by atoms with E-state index >= 15 is 0 Å². The van der Waals surface area contributed by atoms with Crippen molar-refractivity contribution in [2.24, 2.45) is 0 Å². The van der Waals surface area contributed by atoms with Crippen molar-refractivity contribution in [3.8, 4) is 0 Å². The molecular weight excluding hydrogens is 344 g/mol. The molecule has 2 heterocycles. The van der Waals surface area contributed by atoms with Gasteiger partial charge in [-0.05, 0) is 32.9 Å². The van der Waals surface area contributed by atoms with Crippen LogP contribution < -0.4 is 0 Å². The molecule has 6 heteroatoms. The van der Waals surface area contributed by atoms with Gasteiger partial charge in [0.25, 0.3) is 0 Å². The summed E-state index contributed by atoms with van der Waals surface area (Å²) in [5, 5.41) is 0.779. The third-order valence-corrected chi connectivity index (χ3v) is 4.78. The summed E-state index contributed by atoms with van der Waals surface area (Å²) < 4.78 is 12.6. The van der Waals surface area contributed by atoms with Crippen LogP contribution in [0.15, 0.2) is 36.5 Å². The molecule has 0 amide bonds. The van der Waals surface area contributed by atoms with Gasteiger partial charge in [-0.15, -0.1) is 0 Å². The fraction of sp³-hybridized carbons (Fsp3) is 0.333. The number of carbonyl (C=O) groups is 2. The van der Waals surface area contributed by atoms with Crippen LogP contribution in [-0.2, 0) is 9.47 Å². The van der Waals surface area contributed by atoms with Gasteiger partial charge in [-0.25, -0.2) is 4.79 Å². The number of H-pyrrole nitrogens is 1. The van der Waals surface area contributed by atoms with Gasteiger partial charge >= 0.3 is 5.97 Å². The molecule has 142 valence electrons. The molecule has 27 heavy (non-hydrogen) atoms. The maximum Gasteiger partial charge on any atom is 0.340 e. The first kappa shape index (κ1) is 18.9. The summed E-state index contributed by atoms with van der Waals surface area (Å²) in [5.41, 5.74) is 3.68. The van der Waals surface area contributed by atoms with Crippen molar-refractivity contribution in [2.75, 3.05) is 20.3 Å². The lowest BCUT2D eigenvalue weighted by atomic mass is 10.1. The zero-order valence-corrected chi connectivity index (χ0v) is 16.0. The number of aryl methyl sites for hydroxylation is 1. The molecule has 0 bridgehead atoms. The number of para-hydroxylation sites is 1. The van der Waals surface area contributed by atoms with E-state index in [1.165, 1.54) is 0 Å². The number of ketones is 1. The zero-order chi connectivity index (χ0) is 19.6. The Morgan fingerprint density at radius 1 is 1.19 bits per heavy atom. The minimum atomic E-state index is -0.512. The molecule has 6 nitrogen and oxygen atoms in total. The Kier molecular flexibility index (Phi) is 5.46. The summed E-state index contributed by atoms with van der Waals surface area (Å²) in [6.45, 7) is 6.15. The Bertz CT molecular complexity index is 983. The number of esters is 1. The summed E-state index contributed by atoms with van der Waals surface area (Å²) in [6.07, 6.45) is 1.61. The number of carbonyl (C=O) groups excluding carboxylic acids is 2. The van der Waals surface area contributed by atoms with Crippen LogP contribution in [0.2, 0.25) is 0 Å². The highest BCUT2D eigenvalue weighted by Gasteiger charge is 2.21. The van der Waals surface area contributed by atoms with E-state index in [-0.39, 0.29) is 18.4 Å². The second-order valence-electron chi connectivity index (χ2n) is 6.71. The van der Waals surface area contributed by atoms with Crippen LogP contribution in [0.25, 0.3) is 10.9 Å². The van der Waals surface area contributed by atoms with E-state index in [1.807, 2.05) is 51.1 Å². The fourth-order valence-corrected chi connectivity index (χ4v) is 3.58. The molecule has 0 saturated heterocycles. The third-order valence-electron chi connectivity index (χ3n) is 4.78. The first-order valence-electron chi connectivity index (χ1n) is 8.87. The largest absolute Gasteiger partial charge is 0.454 e. The van der Waals surface area contributed by atoms with E-state index in [1.54, 1.807) is 13.3 Å². The first-order chi connectivity index (χ1) is 12.9. The number of hydrogen-bond acceptors (Lipinski definition) is 4. The molecule has 1 aromatic carbocycles. The lowest BCUT2D eigenvalue weighted by Gasteiger charge is -2.17. The Morgan fingerprint density at radius 3 is 2.67 bits per heavy atom. The highest BCUT2D eigenvalue weighted by Crippen LogP contribution is 2.22. The molecule has 3 aromatic rings. The Hall–Kier alpha value is -2.86. The Morgan fingerprint density at radius 2 is 1.93 bits per heavy atom.